The van der Waals surface area contributed by atoms with Crippen LogP contribution in [0.2, 0.25) is 0 Å². The van der Waals surface area contributed by atoms with E-state index in [2.05, 4.69) is 20.9 Å². The van der Waals surface area contributed by atoms with E-state index >= 15 is 0 Å². The summed E-state index contributed by atoms with van der Waals surface area (Å²) < 4.78 is 37.7. The molecule has 1 aromatic heterocycles. The molecule has 0 radical (unpaired) electrons. The van der Waals surface area contributed by atoms with E-state index in [0.29, 0.717) is 0 Å². The third-order valence-corrected chi connectivity index (χ3v) is 3.00. The molecule has 96 valence electrons. The molecular formula is C10H6BrF3N2O2. The summed E-state index contributed by atoms with van der Waals surface area (Å²) >= 11 is 2.75. The smallest absolute Gasteiger partial charge is 0.297 e. The molecule has 4 nitrogen and oxygen atoms in total. The van der Waals surface area contributed by atoms with Crippen molar-refractivity contribution in [2.75, 3.05) is 11.4 Å². The highest BCUT2D eigenvalue weighted by Crippen LogP contribution is 2.35. The van der Waals surface area contributed by atoms with Gasteiger partial charge >= 0.3 is 6.18 Å². The van der Waals surface area contributed by atoms with Crippen LogP contribution in [0.4, 0.5) is 19.0 Å². The van der Waals surface area contributed by atoms with Gasteiger partial charge in [0.25, 0.3) is 0 Å². The van der Waals surface area contributed by atoms with Crippen molar-refractivity contribution < 1.29 is 22.8 Å². The van der Waals surface area contributed by atoms with Crippen molar-refractivity contribution in [3.05, 3.63) is 22.3 Å². The summed E-state index contributed by atoms with van der Waals surface area (Å²) in [6.45, 7) is -0.231. The van der Waals surface area contributed by atoms with E-state index in [4.69, 9.17) is 0 Å². The Morgan fingerprint density at radius 2 is 1.94 bits per heavy atom. The fraction of sp³-hybridized carbons (Fsp3) is 0.300. The van der Waals surface area contributed by atoms with Crippen LogP contribution in [0.5, 0.6) is 0 Å². The van der Waals surface area contributed by atoms with Crippen LogP contribution < -0.4 is 4.90 Å². The van der Waals surface area contributed by atoms with Gasteiger partial charge in [-0.1, -0.05) is 0 Å². The number of rotatable bonds is 1. The molecule has 2 rings (SSSR count). The van der Waals surface area contributed by atoms with Crippen LogP contribution >= 0.6 is 15.9 Å². The fourth-order valence-corrected chi connectivity index (χ4v) is 2.02. The second kappa shape index (κ2) is 4.34. The zero-order chi connectivity index (χ0) is 13.5. The summed E-state index contributed by atoms with van der Waals surface area (Å²) in [5.74, 6) is -1.04. The largest absolute Gasteiger partial charge is 0.434 e. The molecule has 0 aromatic carbocycles. The van der Waals surface area contributed by atoms with Gasteiger partial charge in [-0.05, 0) is 28.1 Å². The second-order valence-corrected chi connectivity index (χ2v) is 4.55. The summed E-state index contributed by atoms with van der Waals surface area (Å²) in [5.41, 5.74) is -1.12. The molecule has 0 aliphatic carbocycles. The lowest BCUT2D eigenvalue weighted by Crippen LogP contribution is -2.26. The van der Waals surface area contributed by atoms with Crippen LogP contribution in [0.3, 0.4) is 0 Å². The maximum atomic E-state index is 12.6. The SMILES string of the molecule is O=C1CC(=O)N(c2ccc(Br)c(C(F)(F)F)n2)C1. The van der Waals surface area contributed by atoms with Gasteiger partial charge in [0, 0.05) is 4.47 Å². The van der Waals surface area contributed by atoms with Crippen molar-refractivity contribution in [1.82, 2.24) is 4.98 Å². The summed E-state index contributed by atoms with van der Waals surface area (Å²) in [6, 6.07) is 2.41. The number of hydrogen-bond donors (Lipinski definition) is 0. The average Bonchev–Trinajstić information content (AvgIpc) is 2.57. The molecule has 1 saturated heterocycles. The number of carbonyl (C=O) groups excluding carboxylic acids is 2. The molecule has 0 saturated carbocycles. The van der Waals surface area contributed by atoms with E-state index in [1.165, 1.54) is 6.07 Å². The molecule has 1 fully saturated rings. The van der Waals surface area contributed by atoms with Gasteiger partial charge in [0.1, 0.15) is 5.82 Å². The van der Waals surface area contributed by atoms with Crippen LogP contribution in [-0.2, 0) is 15.8 Å². The normalized spacial score (nSPS) is 16.6. The number of carbonyl (C=O) groups is 2. The zero-order valence-corrected chi connectivity index (χ0v) is 10.4. The van der Waals surface area contributed by atoms with E-state index < -0.39 is 17.8 Å². The number of amides is 1. The maximum Gasteiger partial charge on any atom is 0.434 e. The predicted octanol–water partition coefficient (Wildman–Crippen LogP) is 2.17. The molecular weight excluding hydrogens is 317 g/mol. The number of aromatic nitrogens is 1. The molecule has 18 heavy (non-hydrogen) atoms. The third kappa shape index (κ3) is 2.38. The number of Topliss-reactive ketones (excluding diaryl/α,β-unsaturated/α-hetero) is 1. The summed E-state index contributed by atoms with van der Waals surface area (Å²) in [5, 5.41) is 0. The van der Waals surface area contributed by atoms with Gasteiger partial charge < -0.3 is 0 Å². The number of hydrogen-bond acceptors (Lipinski definition) is 3. The maximum absolute atomic E-state index is 12.6. The number of alkyl halides is 3. The Labute approximate surface area is 108 Å². The molecule has 2 heterocycles. The Morgan fingerprint density at radius 1 is 1.28 bits per heavy atom. The molecule has 1 amide bonds. The molecule has 0 unspecified atom stereocenters. The lowest BCUT2D eigenvalue weighted by Gasteiger charge is -2.16. The van der Waals surface area contributed by atoms with E-state index in [-0.39, 0.29) is 29.0 Å². The second-order valence-electron chi connectivity index (χ2n) is 3.69. The highest BCUT2D eigenvalue weighted by molar-refractivity contribution is 9.10. The number of pyridine rings is 1. The molecule has 0 spiro atoms. The monoisotopic (exact) mass is 322 g/mol. The van der Waals surface area contributed by atoms with Gasteiger partial charge in [-0.2, -0.15) is 13.2 Å². The first-order chi connectivity index (χ1) is 8.29. The van der Waals surface area contributed by atoms with Crippen LogP contribution in [0.15, 0.2) is 16.6 Å². The van der Waals surface area contributed by atoms with Crippen molar-refractivity contribution in [3.63, 3.8) is 0 Å². The molecule has 0 N–H and O–H groups in total. The standard InChI is InChI=1S/C10H6BrF3N2O2/c11-6-1-2-7(15-9(6)10(12,13)14)16-4-5(17)3-8(16)18/h1-2H,3-4H2. The van der Waals surface area contributed by atoms with Gasteiger partial charge in [-0.25, -0.2) is 4.98 Å². The highest BCUT2D eigenvalue weighted by Gasteiger charge is 2.37. The summed E-state index contributed by atoms with van der Waals surface area (Å²) in [7, 11) is 0. The minimum absolute atomic E-state index is 0.165. The zero-order valence-electron chi connectivity index (χ0n) is 8.79. The van der Waals surface area contributed by atoms with Crippen LogP contribution in [-0.4, -0.2) is 23.2 Å². The van der Waals surface area contributed by atoms with Gasteiger partial charge in [-0.3, -0.25) is 14.5 Å². The van der Waals surface area contributed by atoms with Crippen LogP contribution in [0.25, 0.3) is 0 Å². The van der Waals surface area contributed by atoms with Crippen molar-refractivity contribution >= 4 is 33.4 Å². The van der Waals surface area contributed by atoms with E-state index in [1.807, 2.05) is 0 Å². The minimum Gasteiger partial charge on any atom is -0.297 e. The Bertz CT molecular complexity index is 530. The van der Waals surface area contributed by atoms with E-state index in [1.54, 1.807) is 0 Å². The molecule has 0 atom stereocenters. The Morgan fingerprint density at radius 3 is 2.44 bits per heavy atom. The summed E-state index contributed by atoms with van der Waals surface area (Å²) in [6.07, 6.45) is -4.92. The first kappa shape index (κ1) is 13.0. The van der Waals surface area contributed by atoms with Gasteiger partial charge in [-0.15, -0.1) is 0 Å². The van der Waals surface area contributed by atoms with Crippen LogP contribution in [0, 0.1) is 0 Å². The topological polar surface area (TPSA) is 50.3 Å². The lowest BCUT2D eigenvalue weighted by atomic mass is 10.3. The van der Waals surface area contributed by atoms with Crippen molar-refractivity contribution in [2.45, 2.75) is 12.6 Å². The lowest BCUT2D eigenvalue weighted by molar-refractivity contribution is -0.141. The molecule has 0 bridgehead atoms. The summed E-state index contributed by atoms with van der Waals surface area (Å²) in [4.78, 5) is 26.8. The van der Waals surface area contributed by atoms with E-state index in [9.17, 15) is 22.8 Å². The first-order valence-corrected chi connectivity index (χ1v) is 5.64. The number of nitrogens with zero attached hydrogens (tertiary/aromatic N) is 2. The van der Waals surface area contributed by atoms with E-state index in [0.717, 1.165) is 11.0 Å². The van der Waals surface area contributed by atoms with Crippen LogP contribution in [0.1, 0.15) is 12.1 Å². The Kier molecular flexibility index (Phi) is 3.14. The highest BCUT2D eigenvalue weighted by atomic mass is 79.9. The Balaban J connectivity index is 2.42. The van der Waals surface area contributed by atoms with Gasteiger partial charge in [0.15, 0.2) is 11.5 Å². The predicted molar refractivity (Wildman–Crippen MR) is 58.9 cm³/mol. The van der Waals surface area contributed by atoms with Crippen molar-refractivity contribution in [1.29, 1.82) is 0 Å². The molecule has 1 aliphatic heterocycles. The fourth-order valence-electron chi connectivity index (χ4n) is 1.57. The number of anilines is 1. The van der Waals surface area contributed by atoms with Gasteiger partial charge in [0.2, 0.25) is 5.91 Å². The molecule has 1 aliphatic rings. The molecule has 1 aromatic rings. The molecule has 8 heteroatoms. The third-order valence-electron chi connectivity index (χ3n) is 2.36. The quantitative estimate of drug-likeness (QED) is 0.744. The van der Waals surface area contributed by atoms with Crippen molar-refractivity contribution in [3.8, 4) is 0 Å². The average molecular weight is 323 g/mol. The minimum atomic E-state index is -4.62. The van der Waals surface area contributed by atoms with Gasteiger partial charge in [0.05, 0.1) is 13.0 Å². The first-order valence-electron chi connectivity index (χ1n) is 4.85. The number of ketones is 1. The van der Waals surface area contributed by atoms with Crippen molar-refractivity contribution in [2.24, 2.45) is 0 Å². The number of halogens is 4. The Hall–Kier alpha value is -1.44.